The first-order valence-corrected chi connectivity index (χ1v) is 10.5. The van der Waals surface area contributed by atoms with E-state index in [-0.39, 0.29) is 0 Å². The van der Waals surface area contributed by atoms with E-state index < -0.39 is 0 Å². The highest BCUT2D eigenvalue weighted by atomic mass is 35.5. The van der Waals surface area contributed by atoms with Crippen molar-refractivity contribution in [2.75, 3.05) is 6.61 Å². The van der Waals surface area contributed by atoms with Gasteiger partial charge in [-0.3, -0.25) is 0 Å². The van der Waals surface area contributed by atoms with Crippen LogP contribution in [-0.2, 0) is 5.75 Å². The molecule has 0 saturated heterocycles. The van der Waals surface area contributed by atoms with Crippen molar-refractivity contribution >= 4 is 34.7 Å². The van der Waals surface area contributed by atoms with Crippen LogP contribution in [0.3, 0.4) is 0 Å². The van der Waals surface area contributed by atoms with Gasteiger partial charge in [-0.2, -0.15) is 5.10 Å². The molecule has 0 aliphatic carbocycles. The molecule has 2 aromatic rings. The average Bonchev–Trinajstić information content (AvgIpc) is 2.68. The van der Waals surface area contributed by atoms with E-state index in [0.29, 0.717) is 22.5 Å². The molecule has 0 radical (unpaired) electrons. The number of unbranched alkanes of at least 4 members (excludes halogenated alkanes) is 3. The minimum Gasteiger partial charge on any atom is -0.492 e. The summed E-state index contributed by atoms with van der Waals surface area (Å²) in [6, 6.07) is 15.7. The number of rotatable bonds is 10. The number of nitrogens with two attached hydrogens (primary N) is 1. The second kappa shape index (κ2) is 12.4. The van der Waals surface area contributed by atoms with Crippen LogP contribution in [0.1, 0.15) is 43.7 Å². The van der Waals surface area contributed by atoms with Gasteiger partial charge in [0.1, 0.15) is 5.75 Å². The number of thioether (sulfide) groups is 1. The molecular weight excluding hydrogens is 378 g/mol. The molecule has 0 aliphatic rings. The number of ether oxygens (including phenoxy) is 1. The normalized spacial score (nSPS) is 11.9. The molecule has 2 N–H and O–H groups in total. The standard InChI is InChI=1S/C21H26ClN3OS/c1-2-3-4-8-13-26-20-12-11-18(14-19(20)22)15-24-25-21(23)27-16-17-9-6-5-7-10-17/h5-7,9-12,14-15H,2-4,8,13,16H2,1H3,(H2,23,25). The van der Waals surface area contributed by atoms with E-state index in [2.05, 4.69) is 29.3 Å². The van der Waals surface area contributed by atoms with Gasteiger partial charge in [0, 0.05) is 5.75 Å². The smallest absolute Gasteiger partial charge is 0.180 e. The van der Waals surface area contributed by atoms with E-state index in [1.165, 1.54) is 36.6 Å². The Morgan fingerprint density at radius 3 is 2.70 bits per heavy atom. The summed E-state index contributed by atoms with van der Waals surface area (Å²) in [5, 5.41) is 9.05. The quantitative estimate of drug-likeness (QED) is 0.233. The van der Waals surface area contributed by atoms with E-state index in [1.54, 1.807) is 6.21 Å². The topological polar surface area (TPSA) is 60.0 Å². The van der Waals surface area contributed by atoms with Crippen LogP contribution in [0.25, 0.3) is 0 Å². The second-order valence-electron chi connectivity index (χ2n) is 6.06. The molecule has 2 rings (SSSR count). The Hall–Kier alpha value is -1.98. The summed E-state index contributed by atoms with van der Waals surface area (Å²) in [5.74, 6) is 1.47. The number of amidine groups is 1. The summed E-state index contributed by atoms with van der Waals surface area (Å²) >= 11 is 7.73. The minimum absolute atomic E-state index is 0.424. The molecule has 0 aromatic heterocycles. The van der Waals surface area contributed by atoms with Gasteiger partial charge in [0.05, 0.1) is 17.8 Å². The monoisotopic (exact) mass is 403 g/mol. The van der Waals surface area contributed by atoms with Crippen LogP contribution in [0.2, 0.25) is 5.02 Å². The maximum Gasteiger partial charge on any atom is 0.180 e. The maximum atomic E-state index is 6.28. The Labute approximate surface area is 170 Å². The molecule has 0 bridgehead atoms. The minimum atomic E-state index is 0.424. The summed E-state index contributed by atoms with van der Waals surface area (Å²) in [4.78, 5) is 0. The molecule has 0 unspecified atom stereocenters. The van der Waals surface area contributed by atoms with Gasteiger partial charge < -0.3 is 10.5 Å². The first-order valence-electron chi connectivity index (χ1n) is 9.14. The first kappa shape index (κ1) is 21.3. The van der Waals surface area contributed by atoms with Crippen molar-refractivity contribution < 1.29 is 4.74 Å². The van der Waals surface area contributed by atoms with E-state index in [9.17, 15) is 0 Å². The number of nitrogens with zero attached hydrogens (tertiary/aromatic N) is 2. The lowest BCUT2D eigenvalue weighted by Crippen LogP contribution is -2.06. The molecule has 0 spiro atoms. The van der Waals surface area contributed by atoms with E-state index >= 15 is 0 Å². The summed E-state index contributed by atoms with van der Waals surface area (Å²) in [6.45, 7) is 2.88. The van der Waals surface area contributed by atoms with Gasteiger partial charge in [0.15, 0.2) is 5.17 Å². The van der Waals surface area contributed by atoms with Crippen LogP contribution >= 0.6 is 23.4 Å². The van der Waals surface area contributed by atoms with E-state index in [1.807, 2.05) is 36.4 Å². The molecular formula is C21H26ClN3OS. The summed E-state index contributed by atoms with van der Waals surface area (Å²) in [6.07, 6.45) is 6.31. The lowest BCUT2D eigenvalue weighted by molar-refractivity contribution is 0.305. The van der Waals surface area contributed by atoms with Crippen LogP contribution in [0, 0.1) is 0 Å². The van der Waals surface area contributed by atoms with Crippen molar-refractivity contribution in [3.63, 3.8) is 0 Å². The largest absolute Gasteiger partial charge is 0.492 e. The molecule has 2 aromatic carbocycles. The number of hydrogen-bond donors (Lipinski definition) is 1. The van der Waals surface area contributed by atoms with Crippen LogP contribution in [-0.4, -0.2) is 18.0 Å². The fraction of sp³-hybridized carbons (Fsp3) is 0.333. The highest BCUT2D eigenvalue weighted by Gasteiger charge is 2.02. The Morgan fingerprint density at radius 1 is 1.15 bits per heavy atom. The van der Waals surface area contributed by atoms with Crippen molar-refractivity contribution in [2.45, 2.75) is 38.4 Å². The zero-order valence-electron chi connectivity index (χ0n) is 15.6. The first-order chi connectivity index (χ1) is 13.2. The van der Waals surface area contributed by atoms with Gasteiger partial charge in [-0.1, -0.05) is 79.9 Å². The highest BCUT2D eigenvalue weighted by Crippen LogP contribution is 2.25. The van der Waals surface area contributed by atoms with Crippen LogP contribution in [0.4, 0.5) is 0 Å². The number of benzene rings is 2. The highest BCUT2D eigenvalue weighted by molar-refractivity contribution is 8.13. The molecule has 4 nitrogen and oxygen atoms in total. The zero-order chi connectivity index (χ0) is 19.3. The summed E-state index contributed by atoms with van der Waals surface area (Å²) in [7, 11) is 0. The van der Waals surface area contributed by atoms with Gasteiger partial charge in [-0.05, 0) is 35.7 Å². The zero-order valence-corrected chi connectivity index (χ0v) is 17.2. The van der Waals surface area contributed by atoms with Gasteiger partial charge in [0.2, 0.25) is 0 Å². The second-order valence-corrected chi connectivity index (χ2v) is 7.46. The molecule has 0 fully saturated rings. The summed E-state index contributed by atoms with van der Waals surface area (Å²) < 4.78 is 5.73. The van der Waals surface area contributed by atoms with Crippen LogP contribution < -0.4 is 10.5 Å². The van der Waals surface area contributed by atoms with Crippen molar-refractivity contribution in [1.82, 2.24) is 0 Å². The van der Waals surface area contributed by atoms with Crippen molar-refractivity contribution in [2.24, 2.45) is 15.9 Å². The van der Waals surface area contributed by atoms with Gasteiger partial charge in [-0.15, -0.1) is 5.10 Å². The Morgan fingerprint density at radius 2 is 1.96 bits per heavy atom. The van der Waals surface area contributed by atoms with Crippen LogP contribution in [0.15, 0.2) is 58.7 Å². The summed E-state index contributed by atoms with van der Waals surface area (Å²) in [5.41, 5.74) is 7.93. The van der Waals surface area contributed by atoms with Crippen molar-refractivity contribution in [3.05, 3.63) is 64.7 Å². The third-order valence-corrected chi connectivity index (χ3v) is 4.95. The molecule has 0 heterocycles. The van der Waals surface area contributed by atoms with Gasteiger partial charge in [-0.25, -0.2) is 0 Å². The van der Waals surface area contributed by atoms with Gasteiger partial charge >= 0.3 is 0 Å². The SMILES string of the molecule is CCCCCCOc1ccc(C=NN=C(N)SCc2ccccc2)cc1Cl. The predicted molar refractivity (Wildman–Crippen MR) is 118 cm³/mol. The Balaban J connectivity index is 1.80. The molecule has 0 atom stereocenters. The Bertz CT molecular complexity index is 750. The average molecular weight is 404 g/mol. The molecule has 27 heavy (non-hydrogen) atoms. The lowest BCUT2D eigenvalue weighted by atomic mass is 10.2. The predicted octanol–water partition coefficient (Wildman–Crippen LogP) is 5.88. The molecule has 0 saturated carbocycles. The van der Waals surface area contributed by atoms with Crippen molar-refractivity contribution in [3.8, 4) is 5.75 Å². The maximum absolute atomic E-state index is 6.28. The number of halogens is 1. The van der Waals surface area contributed by atoms with Crippen LogP contribution in [0.5, 0.6) is 5.75 Å². The fourth-order valence-corrected chi connectivity index (χ4v) is 3.19. The van der Waals surface area contributed by atoms with Crippen molar-refractivity contribution in [1.29, 1.82) is 0 Å². The van der Waals surface area contributed by atoms with E-state index in [0.717, 1.165) is 17.7 Å². The molecule has 0 amide bonds. The fourth-order valence-electron chi connectivity index (χ4n) is 2.34. The molecule has 0 aliphatic heterocycles. The number of hydrogen-bond acceptors (Lipinski definition) is 4. The third kappa shape index (κ3) is 8.50. The molecule has 6 heteroatoms. The molecule has 144 valence electrons. The van der Waals surface area contributed by atoms with Gasteiger partial charge in [0.25, 0.3) is 0 Å². The lowest BCUT2D eigenvalue weighted by Gasteiger charge is -2.08. The Kier molecular flexibility index (Phi) is 9.80. The van der Waals surface area contributed by atoms with E-state index in [4.69, 9.17) is 22.1 Å². The third-order valence-electron chi connectivity index (χ3n) is 3.80.